The van der Waals surface area contributed by atoms with E-state index < -0.39 is 10.0 Å². The second kappa shape index (κ2) is 12.3. The van der Waals surface area contributed by atoms with Crippen molar-refractivity contribution < 1.29 is 13.2 Å². The number of benzene rings is 3. The Hall–Kier alpha value is -2.48. The van der Waals surface area contributed by atoms with Gasteiger partial charge in [0.15, 0.2) is 0 Å². The second-order valence-electron chi connectivity index (χ2n) is 8.00. The van der Waals surface area contributed by atoms with Gasteiger partial charge in [0.1, 0.15) is 6.54 Å². The van der Waals surface area contributed by atoms with E-state index in [2.05, 4.69) is 36.5 Å². The highest BCUT2D eigenvalue weighted by molar-refractivity contribution is 7.98. The van der Waals surface area contributed by atoms with E-state index in [-0.39, 0.29) is 17.3 Å². The van der Waals surface area contributed by atoms with Crippen molar-refractivity contribution in [2.45, 2.75) is 30.9 Å². The molecule has 0 saturated heterocycles. The summed E-state index contributed by atoms with van der Waals surface area (Å²) in [4.78, 5) is 12.9. The number of rotatable bonds is 11. The van der Waals surface area contributed by atoms with Crippen LogP contribution in [0.5, 0.6) is 0 Å². The van der Waals surface area contributed by atoms with Gasteiger partial charge in [-0.3, -0.25) is 9.10 Å². The Kier molecular flexibility index (Phi) is 9.45. The molecule has 1 amide bonds. The number of hydrogen-bond donors (Lipinski definition) is 1. The van der Waals surface area contributed by atoms with E-state index in [4.69, 9.17) is 11.6 Å². The summed E-state index contributed by atoms with van der Waals surface area (Å²) in [5.74, 6) is 1.46. The van der Waals surface area contributed by atoms with Gasteiger partial charge in [-0.1, -0.05) is 65.7 Å². The first-order valence-corrected chi connectivity index (χ1v) is 14.0. The van der Waals surface area contributed by atoms with Crippen LogP contribution >= 0.6 is 23.4 Å². The van der Waals surface area contributed by atoms with Crippen LogP contribution in [-0.4, -0.2) is 33.2 Å². The van der Waals surface area contributed by atoms with Gasteiger partial charge >= 0.3 is 0 Å². The largest absolute Gasteiger partial charge is 0.354 e. The molecule has 3 aromatic carbocycles. The van der Waals surface area contributed by atoms with E-state index in [1.807, 2.05) is 11.8 Å². The molecule has 0 radical (unpaired) electrons. The first kappa shape index (κ1) is 26.1. The van der Waals surface area contributed by atoms with Crippen molar-refractivity contribution in [3.63, 3.8) is 0 Å². The average molecular weight is 517 g/mol. The third-order valence-electron chi connectivity index (χ3n) is 5.24. The highest BCUT2D eigenvalue weighted by Crippen LogP contribution is 2.29. The number of carbonyl (C=O) groups is 1. The molecule has 180 valence electrons. The number of aryl methyl sites for hydroxylation is 2. The molecule has 8 heteroatoms. The van der Waals surface area contributed by atoms with Crippen molar-refractivity contribution in [2.24, 2.45) is 0 Å². The quantitative estimate of drug-likeness (QED) is 0.337. The Morgan fingerprint density at radius 2 is 1.71 bits per heavy atom. The lowest BCUT2D eigenvalue weighted by Gasteiger charge is -2.25. The molecule has 0 aromatic heterocycles. The van der Waals surface area contributed by atoms with Crippen molar-refractivity contribution >= 4 is 45.0 Å². The van der Waals surface area contributed by atoms with Crippen LogP contribution in [0.1, 0.15) is 23.1 Å². The van der Waals surface area contributed by atoms with Gasteiger partial charge in [0.05, 0.1) is 10.6 Å². The number of halogens is 1. The topological polar surface area (TPSA) is 66.5 Å². The summed E-state index contributed by atoms with van der Waals surface area (Å²) >= 11 is 7.96. The van der Waals surface area contributed by atoms with Crippen LogP contribution in [0.4, 0.5) is 5.69 Å². The molecular weight excluding hydrogens is 488 g/mol. The minimum absolute atomic E-state index is 0.120. The SMILES string of the molecule is Cc1ccc(CSCCCNC(=O)CN(c2cc(Cl)ccc2C)S(=O)(=O)c2ccccc2)cc1. The van der Waals surface area contributed by atoms with Crippen LogP contribution in [0.15, 0.2) is 77.7 Å². The fraction of sp³-hybridized carbons (Fsp3) is 0.269. The van der Waals surface area contributed by atoms with Crippen molar-refractivity contribution in [3.8, 4) is 0 Å². The van der Waals surface area contributed by atoms with Gasteiger partial charge in [-0.05, 0) is 61.4 Å². The summed E-state index contributed by atoms with van der Waals surface area (Å²) < 4.78 is 27.9. The minimum atomic E-state index is -3.95. The van der Waals surface area contributed by atoms with Gasteiger partial charge in [0.25, 0.3) is 10.0 Å². The van der Waals surface area contributed by atoms with Crippen LogP contribution < -0.4 is 9.62 Å². The van der Waals surface area contributed by atoms with E-state index in [0.29, 0.717) is 22.8 Å². The monoisotopic (exact) mass is 516 g/mol. The standard InChI is InChI=1S/C26H29ClN2O3S2/c1-20-9-12-22(13-10-20)19-33-16-6-15-28-26(30)18-29(25-17-23(27)14-11-21(25)2)34(31,32)24-7-4-3-5-8-24/h3-5,7-14,17H,6,15-16,18-19H2,1-2H3,(H,28,30). The summed E-state index contributed by atoms with van der Waals surface area (Å²) in [5, 5.41) is 3.26. The van der Waals surface area contributed by atoms with Crippen molar-refractivity contribution in [1.82, 2.24) is 5.32 Å². The molecule has 0 spiro atoms. The van der Waals surface area contributed by atoms with E-state index >= 15 is 0 Å². The number of anilines is 1. The van der Waals surface area contributed by atoms with E-state index in [1.54, 1.807) is 43.3 Å². The molecule has 0 aliphatic heterocycles. The smallest absolute Gasteiger partial charge is 0.264 e. The molecule has 0 saturated carbocycles. The first-order chi connectivity index (χ1) is 16.3. The predicted molar refractivity (Wildman–Crippen MR) is 142 cm³/mol. The molecule has 5 nitrogen and oxygen atoms in total. The number of nitrogens with one attached hydrogen (secondary N) is 1. The Balaban J connectivity index is 1.60. The molecule has 0 atom stereocenters. The Labute approximate surface area is 211 Å². The number of carbonyl (C=O) groups excluding carboxylic acids is 1. The van der Waals surface area contributed by atoms with Crippen LogP contribution in [0.3, 0.4) is 0 Å². The fourth-order valence-electron chi connectivity index (χ4n) is 3.33. The fourth-order valence-corrected chi connectivity index (χ4v) is 5.92. The Morgan fingerprint density at radius 1 is 1.00 bits per heavy atom. The first-order valence-electron chi connectivity index (χ1n) is 11.0. The molecule has 34 heavy (non-hydrogen) atoms. The van der Waals surface area contributed by atoms with Crippen LogP contribution in [-0.2, 0) is 20.6 Å². The molecule has 0 heterocycles. The maximum atomic E-state index is 13.4. The van der Waals surface area contributed by atoms with Gasteiger partial charge in [-0.15, -0.1) is 0 Å². The van der Waals surface area contributed by atoms with Crippen LogP contribution in [0.25, 0.3) is 0 Å². The van der Waals surface area contributed by atoms with Crippen molar-refractivity contribution in [3.05, 3.63) is 94.5 Å². The van der Waals surface area contributed by atoms with Crippen LogP contribution in [0, 0.1) is 13.8 Å². The Morgan fingerprint density at radius 3 is 2.41 bits per heavy atom. The average Bonchev–Trinajstić information content (AvgIpc) is 2.83. The Bertz CT molecular complexity index is 1200. The lowest BCUT2D eigenvalue weighted by molar-refractivity contribution is -0.119. The van der Waals surface area contributed by atoms with Crippen LogP contribution in [0.2, 0.25) is 5.02 Å². The molecule has 3 rings (SSSR count). The van der Waals surface area contributed by atoms with Crippen molar-refractivity contribution in [2.75, 3.05) is 23.1 Å². The number of amides is 1. The zero-order chi connectivity index (χ0) is 24.6. The van der Waals surface area contributed by atoms with E-state index in [9.17, 15) is 13.2 Å². The van der Waals surface area contributed by atoms with Gasteiger partial charge < -0.3 is 5.32 Å². The number of sulfonamides is 1. The zero-order valence-corrected chi connectivity index (χ0v) is 21.7. The van der Waals surface area contributed by atoms with Gasteiger partial charge in [-0.2, -0.15) is 11.8 Å². The molecule has 0 unspecified atom stereocenters. The lowest BCUT2D eigenvalue weighted by atomic mass is 10.2. The maximum absolute atomic E-state index is 13.4. The number of thioether (sulfide) groups is 1. The van der Waals surface area contributed by atoms with E-state index in [0.717, 1.165) is 22.2 Å². The molecule has 1 N–H and O–H groups in total. The molecular formula is C26H29ClN2O3S2. The second-order valence-corrected chi connectivity index (χ2v) is 11.4. The number of nitrogens with zero attached hydrogens (tertiary/aromatic N) is 1. The molecule has 3 aromatic rings. The molecule has 0 aliphatic carbocycles. The predicted octanol–water partition coefficient (Wildman–Crippen LogP) is 5.59. The van der Waals surface area contributed by atoms with Gasteiger partial charge in [0.2, 0.25) is 5.91 Å². The van der Waals surface area contributed by atoms with Crippen molar-refractivity contribution in [1.29, 1.82) is 0 Å². The minimum Gasteiger partial charge on any atom is -0.354 e. The summed E-state index contributed by atoms with van der Waals surface area (Å²) in [5.41, 5.74) is 3.62. The summed E-state index contributed by atoms with van der Waals surface area (Å²) in [7, 11) is -3.95. The molecule has 0 aliphatic rings. The molecule has 0 bridgehead atoms. The summed E-state index contributed by atoms with van der Waals surface area (Å²) in [6, 6.07) is 21.6. The summed E-state index contributed by atoms with van der Waals surface area (Å²) in [6.45, 7) is 4.02. The van der Waals surface area contributed by atoms with Gasteiger partial charge in [-0.25, -0.2) is 8.42 Å². The number of hydrogen-bond acceptors (Lipinski definition) is 4. The van der Waals surface area contributed by atoms with E-state index in [1.165, 1.54) is 23.3 Å². The lowest BCUT2D eigenvalue weighted by Crippen LogP contribution is -2.41. The summed E-state index contributed by atoms with van der Waals surface area (Å²) in [6.07, 6.45) is 0.796. The van der Waals surface area contributed by atoms with Gasteiger partial charge in [0, 0.05) is 17.3 Å². The maximum Gasteiger partial charge on any atom is 0.264 e. The highest BCUT2D eigenvalue weighted by Gasteiger charge is 2.28. The highest BCUT2D eigenvalue weighted by atomic mass is 35.5. The normalized spacial score (nSPS) is 11.3. The molecule has 0 fully saturated rings. The zero-order valence-electron chi connectivity index (χ0n) is 19.3. The third kappa shape index (κ3) is 7.26. The third-order valence-corrected chi connectivity index (χ3v) is 8.36.